The molecular formula is C12H8Cl2O4S2. The average molecular weight is 351 g/mol. The van der Waals surface area contributed by atoms with Crippen LogP contribution in [-0.2, 0) is 15.6 Å². The maximum absolute atomic E-state index is 12.3. The number of hydrogen-bond acceptors (Lipinski definition) is 4. The Bertz CT molecular complexity index is 745. The van der Waals surface area contributed by atoms with Gasteiger partial charge in [0.05, 0.1) is 16.2 Å². The van der Waals surface area contributed by atoms with E-state index in [9.17, 15) is 13.2 Å². The van der Waals surface area contributed by atoms with E-state index < -0.39 is 21.6 Å². The first-order chi connectivity index (χ1) is 9.29. The summed E-state index contributed by atoms with van der Waals surface area (Å²) in [5.41, 5.74) is -0.00769. The molecule has 0 saturated heterocycles. The fraction of sp³-hybridized carbons (Fsp3) is 0.0833. The van der Waals surface area contributed by atoms with Crippen LogP contribution < -0.4 is 0 Å². The van der Waals surface area contributed by atoms with Gasteiger partial charge in [0.25, 0.3) is 0 Å². The van der Waals surface area contributed by atoms with E-state index in [1.165, 1.54) is 24.3 Å². The molecule has 0 radical (unpaired) electrons. The number of thiophene rings is 1. The van der Waals surface area contributed by atoms with Crippen LogP contribution in [0.3, 0.4) is 0 Å². The van der Waals surface area contributed by atoms with E-state index in [0.29, 0.717) is 0 Å². The van der Waals surface area contributed by atoms with Gasteiger partial charge >= 0.3 is 5.97 Å². The van der Waals surface area contributed by atoms with E-state index >= 15 is 0 Å². The Morgan fingerprint density at radius 1 is 1.20 bits per heavy atom. The molecule has 2 rings (SSSR count). The van der Waals surface area contributed by atoms with Crippen molar-refractivity contribution in [3.8, 4) is 0 Å². The molecule has 1 aromatic heterocycles. The highest BCUT2D eigenvalue weighted by Crippen LogP contribution is 2.27. The molecule has 8 heteroatoms. The lowest BCUT2D eigenvalue weighted by molar-refractivity contribution is 0.0696. The molecule has 1 N–H and O–H groups in total. The molecule has 1 heterocycles. The Morgan fingerprint density at radius 3 is 2.35 bits per heavy atom. The first kappa shape index (κ1) is 15.3. The van der Waals surface area contributed by atoms with Crippen LogP contribution in [0.1, 0.15) is 15.2 Å². The molecule has 106 valence electrons. The SMILES string of the molecule is O=C(O)c1ccsc1CS(=O)(=O)c1cc(Cl)cc(Cl)c1. The van der Waals surface area contributed by atoms with E-state index in [4.69, 9.17) is 28.3 Å². The Kier molecular flexibility index (Phi) is 4.39. The summed E-state index contributed by atoms with van der Waals surface area (Å²) < 4.78 is 24.6. The molecule has 0 fully saturated rings. The summed E-state index contributed by atoms with van der Waals surface area (Å²) >= 11 is 12.6. The zero-order valence-electron chi connectivity index (χ0n) is 9.84. The van der Waals surface area contributed by atoms with Crippen LogP contribution in [-0.4, -0.2) is 19.5 Å². The van der Waals surface area contributed by atoms with Crippen molar-refractivity contribution in [2.24, 2.45) is 0 Å². The maximum Gasteiger partial charge on any atom is 0.336 e. The van der Waals surface area contributed by atoms with Crippen LogP contribution in [0.4, 0.5) is 0 Å². The van der Waals surface area contributed by atoms with Gasteiger partial charge in [0.2, 0.25) is 0 Å². The third-order valence-electron chi connectivity index (χ3n) is 2.49. The molecule has 0 aliphatic carbocycles. The molecule has 0 aliphatic heterocycles. The van der Waals surface area contributed by atoms with E-state index in [1.54, 1.807) is 5.38 Å². The van der Waals surface area contributed by atoms with Crippen LogP contribution >= 0.6 is 34.5 Å². The third kappa shape index (κ3) is 3.32. The van der Waals surface area contributed by atoms with Gasteiger partial charge in [-0.1, -0.05) is 23.2 Å². The molecule has 1 aromatic carbocycles. The zero-order chi connectivity index (χ0) is 14.9. The highest BCUT2D eigenvalue weighted by molar-refractivity contribution is 7.90. The van der Waals surface area contributed by atoms with Gasteiger partial charge in [-0.15, -0.1) is 11.3 Å². The zero-order valence-corrected chi connectivity index (χ0v) is 13.0. The van der Waals surface area contributed by atoms with Gasteiger partial charge in [0.15, 0.2) is 9.84 Å². The van der Waals surface area contributed by atoms with Crippen molar-refractivity contribution in [1.29, 1.82) is 0 Å². The normalized spacial score (nSPS) is 11.5. The first-order valence-corrected chi connectivity index (χ1v) is 8.57. The standard InChI is InChI=1S/C12H8Cl2O4S2/c13-7-3-8(14)5-9(4-7)20(17,18)6-11-10(12(15)16)1-2-19-11/h1-5H,6H2,(H,15,16). The molecule has 4 nitrogen and oxygen atoms in total. The van der Waals surface area contributed by atoms with Crippen molar-refractivity contribution in [1.82, 2.24) is 0 Å². The summed E-state index contributed by atoms with van der Waals surface area (Å²) in [6.07, 6.45) is 0. The predicted molar refractivity (Wildman–Crippen MR) is 78.6 cm³/mol. The van der Waals surface area contributed by atoms with Crippen molar-refractivity contribution < 1.29 is 18.3 Å². The lowest BCUT2D eigenvalue weighted by Gasteiger charge is -2.05. The molecule has 20 heavy (non-hydrogen) atoms. The monoisotopic (exact) mass is 350 g/mol. The van der Waals surface area contributed by atoms with Crippen LogP contribution in [0.25, 0.3) is 0 Å². The largest absolute Gasteiger partial charge is 0.478 e. The third-order valence-corrected chi connectivity index (χ3v) is 5.65. The highest BCUT2D eigenvalue weighted by atomic mass is 35.5. The Hall–Kier alpha value is -1.08. The summed E-state index contributed by atoms with van der Waals surface area (Å²) in [5, 5.41) is 10.9. The van der Waals surface area contributed by atoms with Gasteiger partial charge < -0.3 is 5.11 Å². The molecule has 0 unspecified atom stereocenters. The number of carbonyl (C=O) groups is 1. The van der Waals surface area contributed by atoms with Crippen molar-refractivity contribution in [3.63, 3.8) is 0 Å². The Labute approximate surface area is 129 Å². The lowest BCUT2D eigenvalue weighted by atomic mass is 10.3. The fourth-order valence-corrected chi connectivity index (χ4v) is 4.93. The fourth-order valence-electron chi connectivity index (χ4n) is 1.61. The van der Waals surface area contributed by atoms with Crippen molar-refractivity contribution in [2.45, 2.75) is 10.6 Å². The summed E-state index contributed by atoms with van der Waals surface area (Å²) in [7, 11) is -3.71. The second-order valence-electron chi connectivity index (χ2n) is 3.93. The van der Waals surface area contributed by atoms with Crippen LogP contribution in [0.5, 0.6) is 0 Å². The molecule has 0 saturated carbocycles. The smallest absolute Gasteiger partial charge is 0.336 e. The topological polar surface area (TPSA) is 71.4 Å². The number of aromatic carboxylic acids is 1. The number of rotatable bonds is 4. The first-order valence-electron chi connectivity index (χ1n) is 5.28. The minimum absolute atomic E-state index is 0.00769. The molecule has 0 spiro atoms. The summed E-state index contributed by atoms with van der Waals surface area (Å²) in [5.74, 6) is -1.55. The highest BCUT2D eigenvalue weighted by Gasteiger charge is 2.21. The Morgan fingerprint density at radius 2 is 1.80 bits per heavy atom. The Balaban J connectivity index is 2.41. The van der Waals surface area contributed by atoms with E-state index in [2.05, 4.69) is 0 Å². The minimum Gasteiger partial charge on any atom is -0.478 e. The number of sulfone groups is 1. The van der Waals surface area contributed by atoms with Gasteiger partial charge in [-0.25, -0.2) is 13.2 Å². The minimum atomic E-state index is -3.71. The predicted octanol–water partition coefficient (Wildman–Crippen LogP) is 3.73. The summed E-state index contributed by atoms with van der Waals surface area (Å²) in [4.78, 5) is 11.2. The lowest BCUT2D eigenvalue weighted by Crippen LogP contribution is -2.07. The number of benzene rings is 1. The van der Waals surface area contributed by atoms with Gasteiger partial charge in [0.1, 0.15) is 0 Å². The van der Waals surface area contributed by atoms with Crippen molar-refractivity contribution >= 4 is 50.3 Å². The number of hydrogen-bond donors (Lipinski definition) is 1. The number of halogens is 2. The van der Waals surface area contributed by atoms with Gasteiger partial charge in [-0.05, 0) is 29.6 Å². The van der Waals surface area contributed by atoms with Crippen LogP contribution in [0, 0.1) is 0 Å². The van der Waals surface area contributed by atoms with Crippen molar-refractivity contribution in [2.75, 3.05) is 0 Å². The van der Waals surface area contributed by atoms with E-state index in [-0.39, 0.29) is 25.4 Å². The number of carboxylic acid groups (broad SMARTS) is 1. The summed E-state index contributed by atoms with van der Waals surface area (Å²) in [6, 6.07) is 5.38. The quantitative estimate of drug-likeness (QED) is 0.911. The van der Waals surface area contributed by atoms with Crippen LogP contribution in [0.15, 0.2) is 34.5 Å². The summed E-state index contributed by atoms with van der Waals surface area (Å²) in [6.45, 7) is 0. The second-order valence-corrected chi connectivity index (χ2v) is 7.79. The van der Waals surface area contributed by atoms with E-state index in [1.807, 2.05) is 0 Å². The van der Waals surface area contributed by atoms with Gasteiger partial charge in [-0.2, -0.15) is 0 Å². The molecule has 0 amide bonds. The molecular weight excluding hydrogens is 343 g/mol. The average Bonchev–Trinajstić information content (AvgIpc) is 2.75. The van der Waals surface area contributed by atoms with E-state index in [0.717, 1.165) is 11.3 Å². The second kappa shape index (κ2) is 5.73. The van der Waals surface area contributed by atoms with Crippen LogP contribution in [0.2, 0.25) is 10.0 Å². The van der Waals surface area contributed by atoms with Gasteiger partial charge in [-0.3, -0.25) is 0 Å². The molecule has 2 aromatic rings. The molecule has 0 aliphatic rings. The van der Waals surface area contributed by atoms with Gasteiger partial charge in [0, 0.05) is 14.9 Å². The maximum atomic E-state index is 12.3. The van der Waals surface area contributed by atoms with Crippen molar-refractivity contribution in [3.05, 3.63) is 50.1 Å². The number of carboxylic acids is 1. The molecule has 0 atom stereocenters. The molecule has 0 bridgehead atoms.